The first-order valence-corrected chi connectivity index (χ1v) is 15.3. The summed E-state index contributed by atoms with van der Waals surface area (Å²) < 4.78 is 26.3. The molecule has 2 unspecified atom stereocenters. The number of anilines is 2. The van der Waals surface area contributed by atoms with Crippen LogP contribution in [0.4, 0.5) is 20.6 Å². The Morgan fingerprint density at radius 3 is 2.28 bits per heavy atom. The van der Waals surface area contributed by atoms with Gasteiger partial charge in [0.05, 0.1) is 56.0 Å². The number of urea groups is 1. The van der Waals surface area contributed by atoms with Crippen LogP contribution in [-0.4, -0.2) is 91.9 Å². The normalized spacial score (nSPS) is 14.6. The predicted molar refractivity (Wildman–Crippen MR) is 182 cm³/mol. The number of carbonyl (C=O) groups excluding carboxylic acids is 2. The fourth-order valence-corrected chi connectivity index (χ4v) is 5.60. The zero-order chi connectivity index (χ0) is 33.8. The third-order valence-electron chi connectivity index (χ3n) is 8.48. The van der Waals surface area contributed by atoms with E-state index >= 15 is 0 Å². The van der Waals surface area contributed by atoms with Gasteiger partial charge in [0.15, 0.2) is 5.82 Å². The van der Waals surface area contributed by atoms with Crippen LogP contribution in [-0.2, 0) is 4.79 Å². The molecule has 12 nitrogen and oxygen atoms in total. The maximum atomic E-state index is 14.2. The van der Waals surface area contributed by atoms with Crippen LogP contribution in [0.25, 0.3) is 10.9 Å². The molecule has 5 rings (SSSR count). The third kappa shape index (κ3) is 6.85. The van der Waals surface area contributed by atoms with Crippen molar-refractivity contribution in [2.24, 2.45) is 0 Å². The third-order valence-corrected chi connectivity index (χ3v) is 8.48. The van der Waals surface area contributed by atoms with Crippen molar-refractivity contribution in [1.29, 1.82) is 0 Å². The lowest BCUT2D eigenvalue weighted by Crippen LogP contribution is -2.58. The van der Waals surface area contributed by atoms with Gasteiger partial charge in [0.2, 0.25) is 5.91 Å². The van der Waals surface area contributed by atoms with E-state index in [1.54, 1.807) is 54.3 Å². The lowest BCUT2D eigenvalue weighted by atomic mass is 10.1. The highest BCUT2D eigenvalue weighted by Crippen LogP contribution is 2.37. The Hall–Kier alpha value is -5.17. The summed E-state index contributed by atoms with van der Waals surface area (Å²) in [4.78, 5) is 51.5. The second-order valence-electron chi connectivity index (χ2n) is 11.5. The summed E-state index contributed by atoms with van der Waals surface area (Å²) in [5.74, 6) is 0.758. The number of fused-ring (bicyclic) bond motifs is 1. The van der Waals surface area contributed by atoms with Crippen LogP contribution in [0, 0.1) is 5.82 Å². The molecule has 0 bridgehead atoms. The van der Waals surface area contributed by atoms with Crippen molar-refractivity contribution >= 4 is 34.2 Å². The van der Waals surface area contributed by atoms with E-state index in [2.05, 4.69) is 5.32 Å². The molecule has 4 aromatic rings. The molecule has 2 atom stereocenters. The summed E-state index contributed by atoms with van der Waals surface area (Å²) in [5.41, 5.74) is 0.949. The van der Waals surface area contributed by atoms with Gasteiger partial charge in [0.25, 0.3) is 5.56 Å². The number of amides is 3. The average molecular weight is 648 g/mol. The molecule has 0 saturated carbocycles. The highest BCUT2D eigenvalue weighted by molar-refractivity contribution is 6.03. The van der Waals surface area contributed by atoms with E-state index in [1.807, 2.05) is 30.9 Å². The molecule has 250 valence electrons. The second-order valence-corrected chi connectivity index (χ2v) is 11.5. The first-order chi connectivity index (χ1) is 22.5. The number of hydrogen-bond donors (Lipinski definition) is 1. The van der Waals surface area contributed by atoms with Crippen molar-refractivity contribution in [3.05, 3.63) is 88.7 Å². The van der Waals surface area contributed by atoms with E-state index in [9.17, 15) is 18.8 Å². The SMILES string of the molecule is COc1ccc(N(C(=O)Nc2ccc(F)cc2)C(C)c2nc3ccccc3c(=O)n2N2CCN(C(=O)C(C)N(C)C)CC2)c(OC)c1.[HH]. The van der Waals surface area contributed by atoms with E-state index in [0.29, 0.717) is 65.8 Å². The number of methoxy groups -OCH3 is 2. The molecule has 1 aromatic heterocycles. The van der Waals surface area contributed by atoms with Gasteiger partial charge < -0.3 is 24.7 Å². The Balaban J connectivity index is 0.00000520. The lowest BCUT2D eigenvalue weighted by Gasteiger charge is -2.40. The van der Waals surface area contributed by atoms with Gasteiger partial charge >= 0.3 is 6.03 Å². The molecule has 3 amide bonds. The highest BCUT2D eigenvalue weighted by Gasteiger charge is 2.33. The molecule has 3 aromatic carbocycles. The summed E-state index contributed by atoms with van der Waals surface area (Å²) >= 11 is 0. The quantitative estimate of drug-likeness (QED) is 0.286. The number of benzene rings is 3. The topological polar surface area (TPSA) is 112 Å². The Labute approximate surface area is 274 Å². The molecule has 0 aliphatic carbocycles. The second kappa shape index (κ2) is 14.1. The molecule has 13 heteroatoms. The van der Waals surface area contributed by atoms with Crippen LogP contribution in [0.1, 0.15) is 27.1 Å². The van der Waals surface area contributed by atoms with E-state index < -0.39 is 17.9 Å². The van der Waals surface area contributed by atoms with E-state index in [0.717, 1.165) is 0 Å². The number of hydrogen-bond acceptors (Lipinski definition) is 8. The molecule has 47 heavy (non-hydrogen) atoms. The molecule has 1 N–H and O–H groups in total. The number of piperazine rings is 1. The van der Waals surface area contributed by atoms with Gasteiger partial charge in [-0.25, -0.2) is 18.8 Å². The van der Waals surface area contributed by atoms with Crippen LogP contribution >= 0.6 is 0 Å². The number of rotatable bonds is 9. The number of para-hydroxylation sites is 1. The highest BCUT2D eigenvalue weighted by atomic mass is 19.1. The molecule has 1 saturated heterocycles. The minimum Gasteiger partial charge on any atom is -0.497 e. The van der Waals surface area contributed by atoms with Crippen molar-refractivity contribution in [3.63, 3.8) is 0 Å². The van der Waals surface area contributed by atoms with E-state index in [1.165, 1.54) is 48.1 Å². The minimum absolute atomic E-state index is 0. The summed E-state index contributed by atoms with van der Waals surface area (Å²) in [6.07, 6.45) is 0. The smallest absolute Gasteiger partial charge is 0.327 e. The monoisotopic (exact) mass is 647 g/mol. The van der Waals surface area contributed by atoms with E-state index in [4.69, 9.17) is 14.5 Å². The van der Waals surface area contributed by atoms with Crippen LogP contribution in [0.15, 0.2) is 71.5 Å². The maximum Gasteiger partial charge on any atom is 0.327 e. The number of nitrogens with zero attached hydrogens (tertiary/aromatic N) is 6. The Morgan fingerprint density at radius 1 is 0.957 bits per heavy atom. The molecule has 0 spiro atoms. The fourth-order valence-electron chi connectivity index (χ4n) is 5.60. The van der Waals surface area contributed by atoms with Gasteiger partial charge in [-0.3, -0.25) is 19.4 Å². The lowest BCUT2D eigenvalue weighted by molar-refractivity contribution is -0.135. The molecular weight excluding hydrogens is 605 g/mol. The Kier molecular flexibility index (Phi) is 9.95. The van der Waals surface area contributed by atoms with Crippen LogP contribution < -0.4 is 30.3 Å². The summed E-state index contributed by atoms with van der Waals surface area (Å²) in [7, 11) is 6.74. The fraction of sp³-hybridized carbons (Fsp3) is 0.353. The van der Waals surface area contributed by atoms with Gasteiger partial charge in [0.1, 0.15) is 17.3 Å². The standard InChI is InChI=1S/C34H40FN7O5.H2/c1-22(41(29-16-15-26(46-5)21-30(29)47-6)34(45)36-25-13-11-24(35)12-14-25)31-37-28-10-8-7-9-27(28)33(44)42(31)40-19-17-39(18-20-40)32(43)23(2)38(3)4;/h7-16,21-23H,17-20H2,1-6H3,(H,36,45);1H. The molecule has 1 aliphatic heterocycles. The van der Waals surface area contributed by atoms with Crippen molar-refractivity contribution in [2.75, 3.05) is 69.7 Å². The number of aromatic nitrogens is 2. The Morgan fingerprint density at radius 2 is 1.64 bits per heavy atom. The summed E-state index contributed by atoms with van der Waals surface area (Å²) in [5, 5.41) is 5.14. The number of halogens is 1. The molecular formula is C34H42FN7O5. The van der Waals surface area contributed by atoms with Gasteiger partial charge in [-0.15, -0.1) is 0 Å². The number of nitrogens with one attached hydrogen (secondary N) is 1. The zero-order valence-electron chi connectivity index (χ0n) is 27.4. The van der Waals surface area contributed by atoms with Crippen LogP contribution in [0.3, 0.4) is 0 Å². The zero-order valence-corrected chi connectivity index (χ0v) is 27.4. The molecule has 0 radical (unpaired) electrons. The Bertz CT molecular complexity index is 1810. The summed E-state index contributed by atoms with van der Waals surface area (Å²) in [6, 6.07) is 15.9. The molecule has 1 aliphatic rings. The largest absolute Gasteiger partial charge is 0.497 e. The van der Waals surface area contributed by atoms with Crippen molar-refractivity contribution in [2.45, 2.75) is 25.9 Å². The first-order valence-electron chi connectivity index (χ1n) is 15.3. The van der Waals surface area contributed by atoms with Gasteiger partial charge in [-0.05, 0) is 76.5 Å². The van der Waals surface area contributed by atoms with Gasteiger partial charge in [-0.1, -0.05) is 12.1 Å². The number of carbonyl (C=O) groups is 2. The first kappa shape index (κ1) is 33.2. The van der Waals surface area contributed by atoms with Crippen molar-refractivity contribution in [3.8, 4) is 11.5 Å². The van der Waals surface area contributed by atoms with E-state index in [-0.39, 0.29) is 18.9 Å². The van der Waals surface area contributed by atoms with Crippen LogP contribution in [0.2, 0.25) is 0 Å². The minimum atomic E-state index is -0.830. The summed E-state index contributed by atoms with van der Waals surface area (Å²) in [6.45, 7) is 5.21. The van der Waals surface area contributed by atoms with Crippen LogP contribution in [0.5, 0.6) is 11.5 Å². The average Bonchev–Trinajstić information content (AvgIpc) is 3.08. The molecule has 1 fully saturated rings. The molecule has 2 heterocycles. The van der Waals surface area contributed by atoms with Gasteiger partial charge in [0, 0.05) is 26.3 Å². The maximum absolute atomic E-state index is 14.2. The predicted octanol–water partition coefficient (Wildman–Crippen LogP) is 4.33. The number of likely N-dealkylation sites (N-methyl/N-ethyl adjacent to an activating group) is 1. The van der Waals surface area contributed by atoms with Crippen molar-refractivity contribution in [1.82, 2.24) is 19.5 Å². The van der Waals surface area contributed by atoms with Crippen molar-refractivity contribution < 1.29 is 24.9 Å². The number of ether oxygens (including phenoxy) is 2. The van der Waals surface area contributed by atoms with Gasteiger partial charge in [-0.2, -0.15) is 0 Å².